The van der Waals surface area contributed by atoms with E-state index < -0.39 is 5.82 Å². The van der Waals surface area contributed by atoms with Crippen molar-refractivity contribution in [3.8, 4) is 0 Å². The molecule has 20 heavy (non-hydrogen) atoms. The van der Waals surface area contributed by atoms with Crippen LogP contribution in [0.3, 0.4) is 0 Å². The Balaban J connectivity index is 0.00000180. The van der Waals surface area contributed by atoms with E-state index >= 15 is 0 Å². The highest BCUT2D eigenvalue weighted by molar-refractivity contribution is 6.30. The van der Waals surface area contributed by atoms with Crippen molar-refractivity contribution in [2.75, 3.05) is 38.0 Å². The van der Waals surface area contributed by atoms with Crippen LogP contribution < -0.4 is 10.6 Å². The number of halogens is 4. The minimum Gasteiger partial charge on any atom is -0.322 e. The molecule has 0 unspecified atom stereocenters. The lowest BCUT2D eigenvalue weighted by molar-refractivity contribution is -0.117. The van der Waals surface area contributed by atoms with Gasteiger partial charge in [0.1, 0.15) is 5.82 Å². The quantitative estimate of drug-likeness (QED) is 0.883. The number of piperazine rings is 1. The minimum absolute atomic E-state index is 0. The molecule has 0 bridgehead atoms. The number of hydrogen-bond donors (Lipinski definition) is 2. The Bertz CT molecular complexity index is 442. The second-order valence-corrected chi connectivity index (χ2v) is 4.63. The summed E-state index contributed by atoms with van der Waals surface area (Å²) in [5, 5.41) is 6.14. The third-order valence-corrected chi connectivity index (χ3v) is 3.01. The molecular weight excluding hydrogens is 328 g/mol. The average Bonchev–Trinajstić information content (AvgIpc) is 2.35. The molecule has 1 heterocycles. The Kier molecular flexibility index (Phi) is 9.09. The standard InChI is InChI=1S/C12H15ClFN3O.2ClH/c13-9-1-2-10(14)11(7-9)16-12(18)8-17-5-3-15-4-6-17;;/h1-2,7,15H,3-6,8H2,(H,16,18);2*1H. The van der Waals surface area contributed by atoms with Crippen LogP contribution in [0.15, 0.2) is 18.2 Å². The second-order valence-electron chi connectivity index (χ2n) is 4.20. The Labute approximate surface area is 134 Å². The van der Waals surface area contributed by atoms with Gasteiger partial charge in [-0.1, -0.05) is 11.6 Å². The van der Waals surface area contributed by atoms with Gasteiger partial charge in [-0.15, -0.1) is 24.8 Å². The Morgan fingerprint density at radius 1 is 1.35 bits per heavy atom. The molecule has 0 spiro atoms. The first kappa shape index (κ1) is 19.4. The molecule has 1 saturated heterocycles. The predicted molar refractivity (Wildman–Crippen MR) is 83.8 cm³/mol. The van der Waals surface area contributed by atoms with Crippen LogP contribution in [0.5, 0.6) is 0 Å². The van der Waals surface area contributed by atoms with E-state index in [4.69, 9.17) is 11.6 Å². The lowest BCUT2D eigenvalue weighted by Crippen LogP contribution is -2.46. The van der Waals surface area contributed by atoms with Gasteiger partial charge in [-0.2, -0.15) is 0 Å². The van der Waals surface area contributed by atoms with E-state index in [-0.39, 0.29) is 43.0 Å². The van der Waals surface area contributed by atoms with E-state index in [1.165, 1.54) is 18.2 Å². The number of rotatable bonds is 3. The normalized spacial score (nSPS) is 14.9. The summed E-state index contributed by atoms with van der Waals surface area (Å²) in [6.45, 7) is 3.67. The Morgan fingerprint density at radius 2 is 2.00 bits per heavy atom. The zero-order valence-electron chi connectivity index (χ0n) is 10.7. The molecule has 1 amide bonds. The number of nitrogens with zero attached hydrogens (tertiary/aromatic N) is 1. The smallest absolute Gasteiger partial charge is 0.238 e. The number of benzene rings is 1. The summed E-state index contributed by atoms with van der Waals surface area (Å²) in [5.74, 6) is -0.703. The first-order valence-electron chi connectivity index (χ1n) is 5.83. The lowest BCUT2D eigenvalue weighted by Gasteiger charge is -2.26. The molecule has 1 aliphatic rings. The highest BCUT2D eigenvalue weighted by atomic mass is 35.5. The van der Waals surface area contributed by atoms with E-state index in [0.29, 0.717) is 5.02 Å². The maximum atomic E-state index is 13.4. The molecule has 4 nitrogen and oxygen atoms in total. The number of nitrogens with one attached hydrogen (secondary N) is 2. The molecule has 0 aliphatic carbocycles. The first-order chi connectivity index (χ1) is 8.65. The molecule has 1 aromatic carbocycles. The van der Waals surface area contributed by atoms with Gasteiger partial charge in [-0.25, -0.2) is 4.39 Å². The third-order valence-electron chi connectivity index (χ3n) is 2.78. The number of hydrogen-bond acceptors (Lipinski definition) is 3. The summed E-state index contributed by atoms with van der Waals surface area (Å²) in [4.78, 5) is 13.8. The fourth-order valence-electron chi connectivity index (χ4n) is 1.86. The maximum absolute atomic E-state index is 13.4. The molecule has 1 aliphatic heterocycles. The summed E-state index contributed by atoms with van der Waals surface area (Å²) in [6, 6.07) is 4.10. The fraction of sp³-hybridized carbons (Fsp3) is 0.417. The first-order valence-corrected chi connectivity index (χ1v) is 6.21. The van der Waals surface area contributed by atoms with Gasteiger partial charge >= 0.3 is 0 Å². The van der Waals surface area contributed by atoms with Crippen LogP contribution in [0.1, 0.15) is 0 Å². The van der Waals surface area contributed by atoms with Crippen LogP contribution in [-0.2, 0) is 4.79 Å². The average molecular weight is 345 g/mol. The highest BCUT2D eigenvalue weighted by Crippen LogP contribution is 2.19. The molecule has 2 rings (SSSR count). The Hall–Kier alpha value is -0.590. The van der Waals surface area contributed by atoms with Gasteiger partial charge in [-0.3, -0.25) is 9.69 Å². The molecule has 0 saturated carbocycles. The van der Waals surface area contributed by atoms with Crippen LogP contribution in [0, 0.1) is 5.82 Å². The lowest BCUT2D eigenvalue weighted by atomic mass is 10.3. The molecule has 1 aromatic rings. The number of carbonyl (C=O) groups excluding carboxylic acids is 1. The molecule has 0 aromatic heterocycles. The fourth-order valence-corrected chi connectivity index (χ4v) is 2.03. The van der Waals surface area contributed by atoms with Crippen LogP contribution in [0.4, 0.5) is 10.1 Å². The van der Waals surface area contributed by atoms with E-state index in [0.717, 1.165) is 26.2 Å². The van der Waals surface area contributed by atoms with Gasteiger partial charge in [0.2, 0.25) is 5.91 Å². The van der Waals surface area contributed by atoms with Crippen LogP contribution in [0.2, 0.25) is 5.02 Å². The minimum atomic E-state index is -0.479. The van der Waals surface area contributed by atoms with Crippen LogP contribution in [0.25, 0.3) is 0 Å². The predicted octanol–water partition coefficient (Wildman–Crippen LogP) is 2.17. The van der Waals surface area contributed by atoms with Gasteiger partial charge in [0.05, 0.1) is 12.2 Å². The van der Waals surface area contributed by atoms with Crippen molar-refractivity contribution < 1.29 is 9.18 Å². The van der Waals surface area contributed by atoms with E-state index in [1.807, 2.05) is 4.90 Å². The summed E-state index contributed by atoms with van der Waals surface area (Å²) < 4.78 is 13.4. The molecule has 1 fully saturated rings. The van der Waals surface area contributed by atoms with Gasteiger partial charge in [0.15, 0.2) is 0 Å². The van der Waals surface area contributed by atoms with Crippen molar-refractivity contribution in [2.45, 2.75) is 0 Å². The Morgan fingerprint density at radius 3 is 2.65 bits per heavy atom. The number of anilines is 1. The largest absolute Gasteiger partial charge is 0.322 e. The number of amides is 1. The maximum Gasteiger partial charge on any atom is 0.238 e. The zero-order chi connectivity index (χ0) is 13.0. The summed E-state index contributed by atoms with van der Waals surface area (Å²) in [6.07, 6.45) is 0. The zero-order valence-corrected chi connectivity index (χ0v) is 13.1. The molecule has 0 atom stereocenters. The van der Waals surface area contributed by atoms with Crippen molar-refractivity contribution in [3.05, 3.63) is 29.0 Å². The SMILES string of the molecule is Cl.Cl.O=C(CN1CCNCC1)Nc1cc(Cl)ccc1F. The van der Waals surface area contributed by atoms with Crippen molar-refractivity contribution >= 4 is 48.0 Å². The molecular formula is C12H17Cl3FN3O. The summed E-state index contributed by atoms with van der Waals surface area (Å²) >= 11 is 5.76. The van der Waals surface area contributed by atoms with E-state index in [2.05, 4.69) is 10.6 Å². The van der Waals surface area contributed by atoms with Gasteiger partial charge in [-0.05, 0) is 18.2 Å². The van der Waals surface area contributed by atoms with Crippen molar-refractivity contribution in [3.63, 3.8) is 0 Å². The number of carbonyl (C=O) groups is 1. The van der Waals surface area contributed by atoms with E-state index in [9.17, 15) is 9.18 Å². The molecule has 2 N–H and O–H groups in total. The van der Waals surface area contributed by atoms with Crippen molar-refractivity contribution in [1.82, 2.24) is 10.2 Å². The summed E-state index contributed by atoms with van der Waals surface area (Å²) in [5.41, 5.74) is 0.127. The molecule has 8 heteroatoms. The third kappa shape index (κ3) is 5.81. The van der Waals surface area contributed by atoms with Gasteiger partial charge in [0.25, 0.3) is 0 Å². The van der Waals surface area contributed by atoms with E-state index in [1.54, 1.807) is 0 Å². The second kappa shape index (κ2) is 9.37. The molecule has 0 radical (unpaired) electrons. The summed E-state index contributed by atoms with van der Waals surface area (Å²) in [7, 11) is 0. The monoisotopic (exact) mass is 343 g/mol. The highest BCUT2D eigenvalue weighted by Gasteiger charge is 2.14. The van der Waals surface area contributed by atoms with Crippen LogP contribution in [-0.4, -0.2) is 43.5 Å². The topological polar surface area (TPSA) is 44.4 Å². The van der Waals surface area contributed by atoms with Crippen molar-refractivity contribution in [2.24, 2.45) is 0 Å². The molecule has 114 valence electrons. The van der Waals surface area contributed by atoms with Gasteiger partial charge in [0, 0.05) is 31.2 Å². The van der Waals surface area contributed by atoms with Gasteiger partial charge < -0.3 is 10.6 Å². The van der Waals surface area contributed by atoms with Crippen LogP contribution >= 0.6 is 36.4 Å². The van der Waals surface area contributed by atoms with Crippen molar-refractivity contribution in [1.29, 1.82) is 0 Å².